The van der Waals surface area contributed by atoms with Crippen molar-refractivity contribution in [1.29, 1.82) is 0 Å². The standard InChI is InChI=1S/C21H20N2O2.C6H4F2/c1-3-9-18-20(15(2)22-23-21(18)24)17-12-7-8-13-19(17)25-14-16-10-5-4-6-11-16;7-5-3-1-2-4-6(5)8/h3-13H,14H2,1-2H3,(H,23,24);1-4H/b9-3+;. The molecule has 0 spiro atoms. The summed E-state index contributed by atoms with van der Waals surface area (Å²) in [6.45, 7) is 4.23. The molecule has 33 heavy (non-hydrogen) atoms. The molecule has 0 fully saturated rings. The summed E-state index contributed by atoms with van der Waals surface area (Å²) >= 11 is 0. The Morgan fingerprint density at radius 1 is 0.909 bits per heavy atom. The number of halogens is 2. The zero-order valence-electron chi connectivity index (χ0n) is 18.4. The highest BCUT2D eigenvalue weighted by Gasteiger charge is 2.15. The Balaban J connectivity index is 0.000000323. The number of aromatic amines is 1. The molecule has 0 unspecified atom stereocenters. The Kier molecular flexibility index (Phi) is 8.24. The lowest BCUT2D eigenvalue weighted by Crippen LogP contribution is -2.14. The molecule has 4 nitrogen and oxygen atoms in total. The Morgan fingerprint density at radius 2 is 1.52 bits per heavy atom. The molecule has 168 valence electrons. The third kappa shape index (κ3) is 6.23. The Labute approximate surface area is 191 Å². The lowest BCUT2D eigenvalue weighted by Gasteiger charge is -2.14. The molecule has 0 bridgehead atoms. The van der Waals surface area contributed by atoms with Crippen molar-refractivity contribution in [2.24, 2.45) is 0 Å². The molecule has 0 aliphatic heterocycles. The van der Waals surface area contributed by atoms with Gasteiger partial charge in [-0.05, 0) is 37.6 Å². The van der Waals surface area contributed by atoms with E-state index >= 15 is 0 Å². The van der Waals surface area contributed by atoms with Crippen molar-refractivity contribution in [3.63, 3.8) is 0 Å². The fourth-order valence-electron chi connectivity index (χ4n) is 3.20. The highest BCUT2D eigenvalue weighted by molar-refractivity contribution is 5.80. The summed E-state index contributed by atoms with van der Waals surface area (Å²) in [6, 6.07) is 22.8. The van der Waals surface area contributed by atoms with Crippen LogP contribution in [0.5, 0.6) is 5.75 Å². The first-order chi connectivity index (χ1) is 16.0. The number of rotatable bonds is 5. The van der Waals surface area contributed by atoms with Gasteiger partial charge in [0.05, 0.1) is 11.3 Å². The van der Waals surface area contributed by atoms with Crippen LogP contribution in [0.1, 0.15) is 23.7 Å². The molecular weight excluding hydrogens is 422 g/mol. The Bertz CT molecular complexity index is 1260. The number of nitrogens with one attached hydrogen (secondary N) is 1. The van der Waals surface area contributed by atoms with E-state index in [0.717, 1.165) is 40.3 Å². The van der Waals surface area contributed by atoms with E-state index in [2.05, 4.69) is 10.2 Å². The molecule has 4 rings (SSSR count). The van der Waals surface area contributed by atoms with Crippen LogP contribution in [0.25, 0.3) is 17.2 Å². The van der Waals surface area contributed by atoms with Gasteiger partial charge in [-0.1, -0.05) is 72.8 Å². The van der Waals surface area contributed by atoms with Crippen LogP contribution >= 0.6 is 0 Å². The predicted molar refractivity (Wildman–Crippen MR) is 127 cm³/mol. The molecule has 0 aliphatic rings. The molecule has 0 saturated carbocycles. The number of ether oxygens (including phenoxy) is 1. The van der Waals surface area contributed by atoms with Crippen LogP contribution in [-0.4, -0.2) is 10.2 Å². The van der Waals surface area contributed by atoms with Crippen LogP contribution in [0.2, 0.25) is 0 Å². The fourth-order valence-corrected chi connectivity index (χ4v) is 3.20. The van der Waals surface area contributed by atoms with E-state index in [1.165, 1.54) is 12.1 Å². The second kappa shape index (κ2) is 11.5. The molecule has 0 radical (unpaired) electrons. The largest absolute Gasteiger partial charge is 0.488 e. The topological polar surface area (TPSA) is 55.0 Å². The van der Waals surface area contributed by atoms with E-state index < -0.39 is 11.6 Å². The summed E-state index contributed by atoms with van der Waals surface area (Å²) in [5.41, 5.74) is 3.88. The number of benzene rings is 3. The van der Waals surface area contributed by atoms with Crippen molar-refractivity contribution in [3.05, 3.63) is 124 Å². The molecule has 0 aliphatic carbocycles. The number of hydrogen-bond acceptors (Lipinski definition) is 3. The van der Waals surface area contributed by atoms with Gasteiger partial charge in [0.2, 0.25) is 0 Å². The first-order valence-electron chi connectivity index (χ1n) is 10.4. The van der Waals surface area contributed by atoms with Gasteiger partial charge >= 0.3 is 0 Å². The molecule has 6 heteroatoms. The lowest BCUT2D eigenvalue weighted by molar-refractivity contribution is 0.307. The van der Waals surface area contributed by atoms with E-state index in [4.69, 9.17) is 4.74 Å². The SMILES string of the molecule is C/C=C/c1c(-c2ccccc2OCc2ccccc2)c(C)n[nH]c1=O.Fc1ccccc1F. The van der Waals surface area contributed by atoms with Gasteiger partial charge in [0.1, 0.15) is 12.4 Å². The number of H-pyrrole nitrogens is 1. The summed E-state index contributed by atoms with van der Waals surface area (Å²) in [7, 11) is 0. The highest BCUT2D eigenvalue weighted by atomic mass is 19.2. The Morgan fingerprint density at radius 3 is 2.15 bits per heavy atom. The van der Waals surface area contributed by atoms with Gasteiger partial charge in [-0.25, -0.2) is 13.9 Å². The predicted octanol–water partition coefficient (Wildman–Crippen LogP) is 6.32. The van der Waals surface area contributed by atoms with Gasteiger partial charge in [-0.2, -0.15) is 5.10 Å². The van der Waals surface area contributed by atoms with Crippen LogP contribution < -0.4 is 10.3 Å². The van der Waals surface area contributed by atoms with Crippen molar-refractivity contribution >= 4 is 6.08 Å². The van der Waals surface area contributed by atoms with E-state index in [1.54, 1.807) is 6.08 Å². The van der Waals surface area contributed by atoms with Crippen LogP contribution in [0.3, 0.4) is 0 Å². The molecule has 0 amide bonds. The van der Waals surface area contributed by atoms with Gasteiger partial charge in [0, 0.05) is 11.1 Å². The van der Waals surface area contributed by atoms with Crippen LogP contribution in [-0.2, 0) is 6.61 Å². The summed E-state index contributed by atoms with van der Waals surface area (Å²) in [5, 5.41) is 6.67. The zero-order chi connectivity index (χ0) is 23.6. The van der Waals surface area contributed by atoms with E-state index in [-0.39, 0.29) is 5.56 Å². The van der Waals surface area contributed by atoms with Crippen LogP contribution in [0.4, 0.5) is 8.78 Å². The van der Waals surface area contributed by atoms with Gasteiger partial charge in [0.25, 0.3) is 5.56 Å². The normalized spacial score (nSPS) is 10.5. The maximum absolute atomic E-state index is 12.2. The van der Waals surface area contributed by atoms with Gasteiger partial charge in [0.15, 0.2) is 11.6 Å². The number of allylic oxidation sites excluding steroid dienone is 1. The molecule has 1 aromatic heterocycles. The smallest absolute Gasteiger partial charge is 0.272 e. The van der Waals surface area contributed by atoms with Gasteiger partial charge < -0.3 is 4.74 Å². The molecule has 0 saturated heterocycles. The third-order valence-electron chi connectivity index (χ3n) is 4.75. The van der Waals surface area contributed by atoms with Crippen molar-refractivity contribution < 1.29 is 13.5 Å². The quantitative estimate of drug-likeness (QED) is 0.390. The first-order valence-corrected chi connectivity index (χ1v) is 10.4. The number of aryl methyl sites for hydroxylation is 1. The maximum Gasteiger partial charge on any atom is 0.272 e. The number of hydrogen-bond donors (Lipinski definition) is 1. The van der Waals surface area contributed by atoms with Gasteiger partial charge in [-0.3, -0.25) is 4.79 Å². The molecule has 1 heterocycles. The van der Waals surface area contributed by atoms with Crippen molar-refractivity contribution in [1.82, 2.24) is 10.2 Å². The van der Waals surface area contributed by atoms with Gasteiger partial charge in [-0.15, -0.1) is 0 Å². The third-order valence-corrected chi connectivity index (χ3v) is 4.75. The maximum atomic E-state index is 12.2. The summed E-state index contributed by atoms with van der Waals surface area (Å²) in [6.07, 6.45) is 3.65. The molecule has 0 atom stereocenters. The highest BCUT2D eigenvalue weighted by Crippen LogP contribution is 2.33. The second-order valence-electron chi connectivity index (χ2n) is 7.11. The minimum atomic E-state index is -0.799. The van der Waals surface area contributed by atoms with Crippen molar-refractivity contribution in [2.45, 2.75) is 20.5 Å². The monoisotopic (exact) mass is 446 g/mol. The second-order valence-corrected chi connectivity index (χ2v) is 7.11. The summed E-state index contributed by atoms with van der Waals surface area (Å²) < 4.78 is 29.9. The van der Waals surface area contributed by atoms with E-state index in [0.29, 0.717) is 12.2 Å². The van der Waals surface area contributed by atoms with E-state index in [1.807, 2.05) is 74.5 Å². The zero-order valence-corrected chi connectivity index (χ0v) is 18.4. The van der Waals surface area contributed by atoms with Crippen LogP contribution in [0.15, 0.2) is 89.7 Å². The average Bonchev–Trinajstić information content (AvgIpc) is 2.84. The first kappa shape index (κ1) is 23.6. The molecular formula is C27H24F2N2O2. The Hall–Kier alpha value is -4.06. The summed E-state index contributed by atoms with van der Waals surface area (Å²) in [4.78, 5) is 12.2. The molecule has 3 aromatic carbocycles. The number of para-hydroxylation sites is 1. The van der Waals surface area contributed by atoms with Crippen LogP contribution in [0, 0.1) is 18.6 Å². The average molecular weight is 446 g/mol. The lowest BCUT2D eigenvalue weighted by atomic mass is 9.98. The number of nitrogens with zero attached hydrogens (tertiary/aromatic N) is 1. The summed E-state index contributed by atoms with van der Waals surface area (Å²) in [5.74, 6) is -0.868. The van der Waals surface area contributed by atoms with E-state index in [9.17, 15) is 13.6 Å². The fraction of sp³-hybridized carbons (Fsp3) is 0.111. The van der Waals surface area contributed by atoms with Crippen molar-refractivity contribution in [2.75, 3.05) is 0 Å². The molecule has 4 aromatic rings. The number of aromatic nitrogens is 2. The minimum Gasteiger partial charge on any atom is -0.488 e. The van der Waals surface area contributed by atoms with Crippen molar-refractivity contribution in [3.8, 4) is 16.9 Å². The molecule has 1 N–H and O–H groups in total. The minimum absolute atomic E-state index is 0.212.